The zero-order valence-electron chi connectivity index (χ0n) is 11.6. The Morgan fingerprint density at radius 3 is 3.00 bits per heavy atom. The summed E-state index contributed by atoms with van der Waals surface area (Å²) in [5.41, 5.74) is 0. The molecule has 0 radical (unpaired) electrons. The molecular formula is C14H24N4O. The summed E-state index contributed by atoms with van der Waals surface area (Å²) in [6.07, 6.45) is 3.70. The van der Waals surface area contributed by atoms with Gasteiger partial charge in [-0.05, 0) is 32.4 Å². The second-order valence-electron chi connectivity index (χ2n) is 5.48. The Kier molecular flexibility index (Phi) is 5.62. The lowest BCUT2D eigenvalue weighted by Gasteiger charge is -2.34. The van der Waals surface area contributed by atoms with Gasteiger partial charge in [-0.15, -0.1) is 0 Å². The Balaban J connectivity index is 1.85. The summed E-state index contributed by atoms with van der Waals surface area (Å²) in [4.78, 5) is 16.8. The molecular weight excluding hydrogens is 240 g/mol. The van der Waals surface area contributed by atoms with Gasteiger partial charge < -0.3 is 15.1 Å². The van der Waals surface area contributed by atoms with E-state index in [9.17, 15) is 4.79 Å². The van der Waals surface area contributed by atoms with Crippen molar-refractivity contribution in [1.82, 2.24) is 15.1 Å². The Morgan fingerprint density at radius 2 is 2.16 bits per heavy atom. The van der Waals surface area contributed by atoms with Crippen LogP contribution >= 0.6 is 0 Å². The van der Waals surface area contributed by atoms with Gasteiger partial charge in [0.15, 0.2) is 0 Å². The summed E-state index contributed by atoms with van der Waals surface area (Å²) in [5, 5.41) is 12.0. The van der Waals surface area contributed by atoms with Crippen molar-refractivity contribution in [3.63, 3.8) is 0 Å². The molecule has 2 fully saturated rings. The van der Waals surface area contributed by atoms with Crippen molar-refractivity contribution in [3.05, 3.63) is 0 Å². The third-order valence-electron chi connectivity index (χ3n) is 4.05. The highest BCUT2D eigenvalue weighted by atomic mass is 16.2. The minimum atomic E-state index is 0.144. The molecule has 1 unspecified atom stereocenters. The van der Waals surface area contributed by atoms with Crippen molar-refractivity contribution < 1.29 is 4.79 Å². The van der Waals surface area contributed by atoms with Gasteiger partial charge in [0.2, 0.25) is 5.91 Å². The highest BCUT2D eigenvalue weighted by Crippen LogP contribution is 2.19. The van der Waals surface area contributed by atoms with Gasteiger partial charge in [0.1, 0.15) is 0 Å². The fraction of sp³-hybridized carbons (Fsp3) is 0.857. The van der Waals surface area contributed by atoms with Crippen LogP contribution in [0.2, 0.25) is 0 Å². The first-order valence-corrected chi connectivity index (χ1v) is 7.40. The monoisotopic (exact) mass is 264 g/mol. The summed E-state index contributed by atoms with van der Waals surface area (Å²) in [6, 6.07) is 2.19. The highest BCUT2D eigenvalue weighted by Gasteiger charge is 2.29. The minimum Gasteiger partial charge on any atom is -0.341 e. The van der Waals surface area contributed by atoms with E-state index in [2.05, 4.69) is 16.3 Å². The second kappa shape index (κ2) is 7.46. The molecule has 0 aromatic carbocycles. The molecule has 0 aromatic rings. The molecule has 2 heterocycles. The quantitative estimate of drug-likeness (QED) is 0.803. The van der Waals surface area contributed by atoms with Crippen molar-refractivity contribution in [3.8, 4) is 6.07 Å². The number of likely N-dealkylation sites (tertiary alicyclic amines) is 1. The third-order valence-corrected chi connectivity index (χ3v) is 4.05. The van der Waals surface area contributed by atoms with Gasteiger partial charge in [0, 0.05) is 39.1 Å². The molecule has 2 aliphatic heterocycles. The number of nitrogens with zero attached hydrogens (tertiary/aromatic N) is 3. The van der Waals surface area contributed by atoms with Crippen LogP contribution in [0.4, 0.5) is 0 Å². The number of hydrogen-bond acceptors (Lipinski definition) is 4. The summed E-state index contributed by atoms with van der Waals surface area (Å²) < 4.78 is 0. The van der Waals surface area contributed by atoms with Gasteiger partial charge in [-0.25, -0.2) is 0 Å². The van der Waals surface area contributed by atoms with Crippen LogP contribution in [-0.2, 0) is 4.79 Å². The first-order valence-electron chi connectivity index (χ1n) is 7.40. The minimum absolute atomic E-state index is 0.144. The lowest BCUT2D eigenvalue weighted by molar-refractivity contribution is -0.137. The van der Waals surface area contributed by atoms with E-state index < -0.39 is 0 Å². The number of carbonyl (C=O) groups excluding carboxylic acids is 1. The van der Waals surface area contributed by atoms with Crippen LogP contribution in [0.1, 0.15) is 25.7 Å². The van der Waals surface area contributed by atoms with E-state index in [-0.39, 0.29) is 5.92 Å². The Morgan fingerprint density at radius 1 is 1.26 bits per heavy atom. The number of nitriles is 1. The zero-order chi connectivity index (χ0) is 13.5. The molecule has 0 saturated carbocycles. The fourth-order valence-corrected chi connectivity index (χ4v) is 2.99. The molecule has 106 valence electrons. The van der Waals surface area contributed by atoms with Crippen molar-refractivity contribution in [2.24, 2.45) is 5.92 Å². The van der Waals surface area contributed by atoms with Crippen LogP contribution in [0, 0.1) is 17.2 Å². The Labute approximate surface area is 115 Å². The number of rotatable bonds is 3. The van der Waals surface area contributed by atoms with Gasteiger partial charge >= 0.3 is 0 Å². The molecule has 5 nitrogen and oxygen atoms in total. The van der Waals surface area contributed by atoms with E-state index in [0.29, 0.717) is 12.3 Å². The molecule has 0 aliphatic carbocycles. The lowest BCUT2D eigenvalue weighted by Crippen LogP contribution is -2.45. The van der Waals surface area contributed by atoms with Gasteiger partial charge in [-0.1, -0.05) is 0 Å². The van der Waals surface area contributed by atoms with Crippen LogP contribution in [0.25, 0.3) is 0 Å². The second-order valence-corrected chi connectivity index (χ2v) is 5.48. The maximum atomic E-state index is 12.5. The molecule has 5 heteroatoms. The first kappa shape index (κ1) is 14.3. The molecule has 1 amide bonds. The number of piperidine rings is 1. The third kappa shape index (κ3) is 4.19. The summed E-state index contributed by atoms with van der Waals surface area (Å²) in [5.74, 6) is 0.468. The van der Waals surface area contributed by atoms with Crippen molar-refractivity contribution >= 4 is 5.91 Å². The zero-order valence-corrected chi connectivity index (χ0v) is 11.6. The average Bonchev–Trinajstić information content (AvgIpc) is 2.73. The normalized spacial score (nSPS) is 25.6. The van der Waals surface area contributed by atoms with Crippen molar-refractivity contribution in [1.29, 1.82) is 5.26 Å². The first-order chi connectivity index (χ1) is 9.31. The van der Waals surface area contributed by atoms with Crippen LogP contribution in [0.15, 0.2) is 0 Å². The van der Waals surface area contributed by atoms with E-state index in [1.54, 1.807) is 0 Å². The molecule has 0 spiro atoms. The van der Waals surface area contributed by atoms with Crippen molar-refractivity contribution in [2.45, 2.75) is 25.7 Å². The molecule has 2 saturated heterocycles. The van der Waals surface area contributed by atoms with Crippen LogP contribution in [-0.4, -0.2) is 61.5 Å². The van der Waals surface area contributed by atoms with Crippen LogP contribution in [0.3, 0.4) is 0 Å². The molecule has 2 rings (SSSR count). The van der Waals surface area contributed by atoms with E-state index >= 15 is 0 Å². The van der Waals surface area contributed by atoms with Gasteiger partial charge in [0.25, 0.3) is 0 Å². The molecule has 19 heavy (non-hydrogen) atoms. The standard InChI is InChI=1S/C14H24N4O/c15-5-2-9-17-8-1-4-13(12-17)14(19)18-10-3-6-16-7-11-18/h13,16H,1-4,6-12H2. The molecule has 0 bridgehead atoms. The summed E-state index contributed by atoms with van der Waals surface area (Å²) in [6.45, 7) is 6.34. The lowest BCUT2D eigenvalue weighted by atomic mass is 9.96. The fourth-order valence-electron chi connectivity index (χ4n) is 2.99. The molecule has 1 atom stereocenters. The number of amides is 1. The van der Waals surface area contributed by atoms with Gasteiger partial charge in [-0.3, -0.25) is 4.79 Å². The predicted molar refractivity (Wildman–Crippen MR) is 73.5 cm³/mol. The van der Waals surface area contributed by atoms with Crippen molar-refractivity contribution in [2.75, 3.05) is 45.8 Å². The SMILES string of the molecule is N#CCCN1CCCC(C(=O)N2CCCNCC2)C1. The number of hydrogen-bond donors (Lipinski definition) is 1. The number of carbonyl (C=O) groups is 1. The maximum Gasteiger partial charge on any atom is 0.227 e. The predicted octanol–water partition coefficient (Wildman–Crippen LogP) is 0.434. The largest absolute Gasteiger partial charge is 0.341 e. The Hall–Kier alpha value is -1.12. The van der Waals surface area contributed by atoms with Crippen LogP contribution in [0.5, 0.6) is 0 Å². The highest BCUT2D eigenvalue weighted by molar-refractivity contribution is 5.79. The smallest absolute Gasteiger partial charge is 0.227 e. The van der Waals surface area contributed by atoms with E-state index in [0.717, 1.165) is 65.1 Å². The van der Waals surface area contributed by atoms with E-state index in [4.69, 9.17) is 5.26 Å². The average molecular weight is 264 g/mol. The summed E-state index contributed by atoms with van der Waals surface area (Å²) >= 11 is 0. The summed E-state index contributed by atoms with van der Waals surface area (Å²) in [7, 11) is 0. The Bertz CT molecular complexity index is 331. The maximum absolute atomic E-state index is 12.5. The van der Waals surface area contributed by atoms with E-state index in [1.165, 1.54) is 0 Å². The number of nitrogens with one attached hydrogen (secondary N) is 1. The molecule has 2 aliphatic rings. The van der Waals surface area contributed by atoms with Gasteiger partial charge in [0.05, 0.1) is 12.0 Å². The molecule has 0 aromatic heterocycles. The van der Waals surface area contributed by atoms with Crippen LogP contribution < -0.4 is 5.32 Å². The van der Waals surface area contributed by atoms with E-state index in [1.807, 2.05) is 4.90 Å². The molecule has 1 N–H and O–H groups in total. The topological polar surface area (TPSA) is 59.4 Å². The van der Waals surface area contributed by atoms with Gasteiger partial charge in [-0.2, -0.15) is 5.26 Å².